The lowest BCUT2D eigenvalue weighted by molar-refractivity contribution is -0.126. The van der Waals surface area contributed by atoms with Crippen LogP contribution in [0.25, 0.3) is 0 Å². The van der Waals surface area contributed by atoms with Crippen LogP contribution in [0.4, 0.5) is 8.78 Å². The van der Waals surface area contributed by atoms with Crippen molar-refractivity contribution in [1.29, 1.82) is 0 Å². The number of fused-ring (bicyclic) bond motifs is 4. The predicted octanol–water partition coefficient (Wildman–Crippen LogP) is 1.41. The number of carbonyl (C=O) groups excluding carboxylic acids is 8. The lowest BCUT2D eigenvalue weighted by Gasteiger charge is -2.22. The highest BCUT2D eigenvalue weighted by Crippen LogP contribution is 2.67. The van der Waals surface area contributed by atoms with Gasteiger partial charge in [-0.3, -0.25) is 19.2 Å². The van der Waals surface area contributed by atoms with Crippen LogP contribution in [0.1, 0.15) is 13.8 Å². The van der Waals surface area contributed by atoms with E-state index in [9.17, 15) is 47.1 Å². The number of halogens is 6. The zero-order chi connectivity index (χ0) is 35.7. The second-order valence-electron chi connectivity index (χ2n) is 14.1. The van der Waals surface area contributed by atoms with E-state index in [4.69, 9.17) is 23.2 Å². The van der Waals surface area contributed by atoms with Crippen LogP contribution in [-0.2, 0) is 38.4 Å². The first-order valence-corrected chi connectivity index (χ1v) is 17.6. The Balaban J connectivity index is 0.000000125. The molecule has 4 heterocycles. The van der Waals surface area contributed by atoms with Gasteiger partial charge in [-0.25, -0.2) is 8.78 Å². The highest BCUT2D eigenvalue weighted by Gasteiger charge is 2.76. The van der Waals surface area contributed by atoms with Gasteiger partial charge in [0.15, 0.2) is 0 Å². The van der Waals surface area contributed by atoms with Crippen LogP contribution in [0, 0.1) is 52.8 Å². The van der Waals surface area contributed by atoms with Crippen molar-refractivity contribution in [1.82, 2.24) is 19.6 Å². The fraction of sp³-hybridized carbons (Fsp3) is 0.733. The van der Waals surface area contributed by atoms with E-state index in [0.29, 0.717) is 49.9 Å². The maximum atomic E-state index is 12.7. The molecule has 0 unspecified atom stereocenters. The zero-order valence-corrected chi connectivity index (χ0v) is 30.4. The third-order valence-electron chi connectivity index (χ3n) is 11.7. The Morgan fingerprint density at radius 2 is 0.896 bits per heavy atom. The molecule has 8 rings (SSSR count). The Morgan fingerprint density at radius 3 is 1.33 bits per heavy atom. The molecule has 0 spiro atoms. The third kappa shape index (κ3) is 5.83. The molecule has 0 bridgehead atoms. The maximum absolute atomic E-state index is 12.7. The van der Waals surface area contributed by atoms with Gasteiger partial charge in [0.1, 0.15) is 29.5 Å². The fourth-order valence-corrected chi connectivity index (χ4v) is 11.1. The van der Waals surface area contributed by atoms with Crippen LogP contribution in [0.3, 0.4) is 0 Å². The summed E-state index contributed by atoms with van der Waals surface area (Å²) in [6, 6.07) is -1.71. The second kappa shape index (κ2) is 12.9. The minimum absolute atomic E-state index is 0.0184. The van der Waals surface area contributed by atoms with Crippen molar-refractivity contribution >= 4 is 106 Å². The van der Waals surface area contributed by atoms with Gasteiger partial charge in [0.25, 0.3) is 5.92 Å². The number of aldehydes is 4. The fourth-order valence-electron chi connectivity index (χ4n) is 8.49. The molecular weight excluding hydrogens is 813 g/mol. The summed E-state index contributed by atoms with van der Waals surface area (Å²) in [7, 11) is 0. The van der Waals surface area contributed by atoms with Gasteiger partial charge in [-0.05, 0) is 17.3 Å². The molecule has 48 heavy (non-hydrogen) atoms. The summed E-state index contributed by atoms with van der Waals surface area (Å²) in [4.78, 5) is 89.8. The summed E-state index contributed by atoms with van der Waals surface area (Å²) in [5.74, 6) is -2.77. The van der Waals surface area contributed by atoms with E-state index in [-0.39, 0.29) is 45.0 Å². The summed E-state index contributed by atoms with van der Waals surface area (Å²) in [5, 5.41) is 0. The van der Waals surface area contributed by atoms with Crippen molar-refractivity contribution in [2.45, 2.75) is 51.5 Å². The molecule has 264 valence electrons. The molecular formula is C30H34Br2Cl2F2N4O8. The Hall–Kier alpha value is -2.04. The molecule has 8 fully saturated rings. The van der Waals surface area contributed by atoms with Gasteiger partial charge < -0.3 is 38.8 Å². The summed E-state index contributed by atoms with van der Waals surface area (Å²) in [6.45, 7) is 6.30. The SMILES string of the molecule is CC1(C)[C@@H]2[C@@H](C=O)N(C=O)C[C@@H]21.O=C[C@@H]1[C@@H]2[C@H](CN1C=O)C2(Br)Br.O=C[C@@H]1[C@@H]2[C@H](CN1C=O)C2(Cl)Cl.O=C[C@@H]1[C@@H]2[C@H](CN1C=O)C2(F)F. The van der Waals surface area contributed by atoms with E-state index in [0.717, 1.165) is 43.1 Å². The Morgan fingerprint density at radius 1 is 0.542 bits per heavy atom. The molecule has 4 saturated heterocycles. The van der Waals surface area contributed by atoms with Gasteiger partial charge in [0.2, 0.25) is 25.6 Å². The van der Waals surface area contributed by atoms with Crippen molar-refractivity contribution in [3.05, 3.63) is 0 Å². The van der Waals surface area contributed by atoms with Crippen molar-refractivity contribution < 1.29 is 47.1 Å². The highest BCUT2D eigenvalue weighted by molar-refractivity contribution is 9.25. The van der Waals surface area contributed by atoms with Crippen molar-refractivity contribution in [3.8, 4) is 0 Å². The molecule has 12 atom stereocenters. The minimum Gasteiger partial charge on any atom is -0.335 e. The molecule has 4 saturated carbocycles. The van der Waals surface area contributed by atoms with Crippen molar-refractivity contribution in [2.75, 3.05) is 26.2 Å². The highest BCUT2D eigenvalue weighted by atomic mass is 79.9. The molecule has 0 aromatic carbocycles. The van der Waals surface area contributed by atoms with E-state index in [1.165, 1.54) is 4.90 Å². The quantitative estimate of drug-likeness (QED) is 0.263. The zero-order valence-electron chi connectivity index (χ0n) is 25.7. The van der Waals surface area contributed by atoms with Crippen molar-refractivity contribution in [2.24, 2.45) is 52.8 Å². The number of likely N-dealkylation sites (tertiary alicyclic amines) is 4. The number of amides is 4. The molecule has 4 aliphatic heterocycles. The third-order valence-corrected chi connectivity index (χ3v) is 15.0. The summed E-state index contributed by atoms with van der Waals surface area (Å²) in [6.07, 6.45) is 5.61. The average molecular weight is 847 g/mol. The smallest absolute Gasteiger partial charge is 0.258 e. The van der Waals surface area contributed by atoms with Crippen LogP contribution >= 0.6 is 55.1 Å². The molecule has 4 amide bonds. The number of hydrogen-bond donors (Lipinski definition) is 0. The molecule has 4 aliphatic carbocycles. The largest absolute Gasteiger partial charge is 0.335 e. The number of nitrogens with zero attached hydrogens (tertiary/aromatic N) is 4. The van der Waals surface area contributed by atoms with Crippen LogP contribution < -0.4 is 0 Å². The van der Waals surface area contributed by atoms with Crippen LogP contribution in [0.5, 0.6) is 0 Å². The molecule has 18 heteroatoms. The summed E-state index contributed by atoms with van der Waals surface area (Å²) in [5.41, 5.74) is 0.283. The molecule has 8 aliphatic rings. The standard InChI is InChI=1S/C9H13NO2.C7H7Br2NO2.C7H7Cl2NO2.C7H7F2NO2/c1-9(2)6-3-10(5-12)7(4-11)8(6)9;3*8-7(9)4-1-10(3-12)5(2-11)6(4)7/h4-8H,3H2,1-2H3;3*2-6H,1H2/t6-,7+,8-;3*4-,5+,6-/m0000/s1. The topological polar surface area (TPSA) is 150 Å². The number of carbonyl (C=O) groups is 8. The van der Waals surface area contributed by atoms with E-state index in [1.807, 2.05) is 0 Å². The number of rotatable bonds is 8. The molecule has 0 N–H and O–H groups in total. The van der Waals surface area contributed by atoms with Gasteiger partial charge in [0.05, 0.1) is 39.2 Å². The van der Waals surface area contributed by atoms with E-state index >= 15 is 0 Å². The lowest BCUT2D eigenvalue weighted by atomic mass is 10.0. The number of hydrogen-bond acceptors (Lipinski definition) is 8. The monoisotopic (exact) mass is 844 g/mol. The predicted molar refractivity (Wildman–Crippen MR) is 172 cm³/mol. The molecule has 0 aromatic heterocycles. The minimum atomic E-state index is -2.72. The molecule has 0 radical (unpaired) electrons. The van der Waals surface area contributed by atoms with Crippen LogP contribution in [0.15, 0.2) is 0 Å². The van der Waals surface area contributed by atoms with Gasteiger partial charge >= 0.3 is 0 Å². The second-order valence-corrected chi connectivity index (χ2v) is 19.2. The van der Waals surface area contributed by atoms with Gasteiger partial charge in [-0.1, -0.05) is 45.7 Å². The van der Waals surface area contributed by atoms with E-state index in [2.05, 4.69) is 45.7 Å². The van der Waals surface area contributed by atoms with E-state index < -0.39 is 34.2 Å². The Bertz CT molecular complexity index is 1180. The van der Waals surface area contributed by atoms with Crippen LogP contribution in [-0.4, -0.2) is 134 Å². The summed E-state index contributed by atoms with van der Waals surface area (Å²) < 4.78 is 24.5. The van der Waals surface area contributed by atoms with Gasteiger partial charge in [-0.2, -0.15) is 0 Å². The van der Waals surface area contributed by atoms with E-state index in [1.54, 1.807) is 9.80 Å². The first-order chi connectivity index (χ1) is 22.5. The van der Waals surface area contributed by atoms with Crippen molar-refractivity contribution in [3.63, 3.8) is 0 Å². The normalized spacial score (nSPS) is 42.2. The number of piperidine rings is 4. The molecule has 0 aromatic rings. The first-order valence-electron chi connectivity index (χ1n) is 15.3. The summed E-state index contributed by atoms with van der Waals surface area (Å²) >= 11 is 18.7. The Labute approximate surface area is 301 Å². The number of alkyl halides is 6. The van der Waals surface area contributed by atoms with Crippen LogP contribution in [0.2, 0.25) is 0 Å². The molecule has 12 nitrogen and oxygen atoms in total. The first kappa shape index (κ1) is 37.2. The van der Waals surface area contributed by atoms with Gasteiger partial charge in [0, 0.05) is 49.9 Å². The average Bonchev–Trinajstić information content (AvgIpc) is 3.76. The Kier molecular flexibility index (Phi) is 10.0. The maximum Gasteiger partial charge on any atom is 0.258 e. The van der Waals surface area contributed by atoms with Gasteiger partial charge in [-0.15, -0.1) is 23.2 Å². The lowest BCUT2D eigenvalue weighted by Crippen LogP contribution is -2.36.